The van der Waals surface area contributed by atoms with Crippen molar-refractivity contribution in [3.8, 4) is 0 Å². The van der Waals surface area contributed by atoms with Crippen molar-refractivity contribution in [2.75, 3.05) is 26.7 Å². The molecule has 1 aromatic rings. The van der Waals surface area contributed by atoms with Crippen LogP contribution in [0.2, 0.25) is 0 Å². The predicted molar refractivity (Wildman–Crippen MR) is 76.9 cm³/mol. The van der Waals surface area contributed by atoms with Gasteiger partial charge in [0.15, 0.2) is 0 Å². The first kappa shape index (κ1) is 13.5. The molecule has 1 fully saturated rings. The summed E-state index contributed by atoms with van der Waals surface area (Å²) >= 11 is 6.94. The van der Waals surface area contributed by atoms with Crippen molar-refractivity contribution in [3.05, 3.63) is 26.9 Å². The van der Waals surface area contributed by atoms with Crippen molar-refractivity contribution in [2.45, 2.75) is 13.0 Å². The SMILES string of the molecule is CN1CCC(CNCc2ncc(Br)cc2Br)C1. The molecule has 0 spiro atoms. The second kappa shape index (κ2) is 6.27. The molecule has 3 nitrogen and oxygen atoms in total. The molecule has 17 heavy (non-hydrogen) atoms. The van der Waals surface area contributed by atoms with Crippen LogP contribution in [0.1, 0.15) is 12.1 Å². The molecule has 1 atom stereocenters. The van der Waals surface area contributed by atoms with E-state index >= 15 is 0 Å². The summed E-state index contributed by atoms with van der Waals surface area (Å²) in [6, 6.07) is 2.04. The van der Waals surface area contributed by atoms with Crippen LogP contribution in [0.3, 0.4) is 0 Å². The standard InChI is InChI=1S/C12H17Br2N3/c1-17-3-2-9(8-17)5-15-7-12-11(14)4-10(13)6-16-12/h4,6,9,15H,2-3,5,7-8H2,1H3. The lowest BCUT2D eigenvalue weighted by molar-refractivity contribution is 0.388. The summed E-state index contributed by atoms with van der Waals surface area (Å²) in [6.07, 6.45) is 3.14. The Morgan fingerprint density at radius 2 is 2.35 bits per heavy atom. The minimum Gasteiger partial charge on any atom is -0.311 e. The zero-order valence-corrected chi connectivity index (χ0v) is 13.1. The minimum absolute atomic E-state index is 0.786. The Morgan fingerprint density at radius 1 is 1.53 bits per heavy atom. The summed E-state index contributed by atoms with van der Waals surface area (Å²) in [4.78, 5) is 6.78. The van der Waals surface area contributed by atoms with E-state index in [1.165, 1.54) is 19.5 Å². The summed E-state index contributed by atoms with van der Waals surface area (Å²) in [5.74, 6) is 0.786. The zero-order chi connectivity index (χ0) is 12.3. The number of likely N-dealkylation sites (tertiary alicyclic amines) is 1. The molecule has 1 aliphatic heterocycles. The van der Waals surface area contributed by atoms with E-state index in [-0.39, 0.29) is 0 Å². The fraction of sp³-hybridized carbons (Fsp3) is 0.583. The third kappa shape index (κ3) is 4.02. The first-order valence-corrected chi connectivity index (χ1v) is 7.43. The fourth-order valence-corrected chi connectivity index (χ4v) is 3.29. The first-order chi connectivity index (χ1) is 8.15. The number of hydrogen-bond acceptors (Lipinski definition) is 3. The van der Waals surface area contributed by atoms with Gasteiger partial charge in [-0.2, -0.15) is 0 Å². The molecule has 0 aromatic carbocycles. The van der Waals surface area contributed by atoms with E-state index in [0.29, 0.717) is 0 Å². The number of aromatic nitrogens is 1. The zero-order valence-electron chi connectivity index (χ0n) is 9.92. The number of nitrogens with zero attached hydrogens (tertiary/aromatic N) is 2. The van der Waals surface area contributed by atoms with Crippen LogP contribution >= 0.6 is 31.9 Å². The maximum absolute atomic E-state index is 4.39. The van der Waals surface area contributed by atoms with Gasteiger partial charge in [-0.1, -0.05) is 0 Å². The van der Waals surface area contributed by atoms with E-state index in [1.54, 1.807) is 0 Å². The van der Waals surface area contributed by atoms with E-state index in [0.717, 1.165) is 33.6 Å². The fourth-order valence-electron chi connectivity index (χ4n) is 2.16. The van der Waals surface area contributed by atoms with Crippen molar-refractivity contribution in [2.24, 2.45) is 5.92 Å². The Bertz CT molecular complexity index is 384. The highest BCUT2D eigenvalue weighted by Gasteiger charge is 2.18. The van der Waals surface area contributed by atoms with Gasteiger partial charge in [0.05, 0.1) is 5.69 Å². The lowest BCUT2D eigenvalue weighted by Gasteiger charge is -2.12. The number of nitrogens with one attached hydrogen (secondary N) is 1. The Morgan fingerprint density at radius 3 is 3.00 bits per heavy atom. The lowest BCUT2D eigenvalue weighted by Crippen LogP contribution is -2.25. The van der Waals surface area contributed by atoms with Gasteiger partial charge in [0.2, 0.25) is 0 Å². The molecule has 1 unspecified atom stereocenters. The quantitative estimate of drug-likeness (QED) is 0.892. The van der Waals surface area contributed by atoms with E-state index in [2.05, 4.69) is 54.1 Å². The largest absolute Gasteiger partial charge is 0.311 e. The highest BCUT2D eigenvalue weighted by molar-refractivity contribution is 9.11. The Balaban J connectivity index is 1.78. The molecular formula is C12H17Br2N3. The summed E-state index contributed by atoms with van der Waals surface area (Å²) in [7, 11) is 2.19. The van der Waals surface area contributed by atoms with Gasteiger partial charge in [-0.15, -0.1) is 0 Å². The third-order valence-corrected chi connectivity index (χ3v) is 4.22. The van der Waals surface area contributed by atoms with Crippen molar-refractivity contribution in [1.82, 2.24) is 15.2 Å². The molecule has 1 aromatic heterocycles. The molecule has 0 bridgehead atoms. The smallest absolute Gasteiger partial charge is 0.0684 e. The Labute approximate surface area is 119 Å². The second-order valence-corrected chi connectivity index (χ2v) is 6.40. The molecule has 1 saturated heterocycles. The molecule has 2 heterocycles. The second-order valence-electron chi connectivity index (χ2n) is 4.63. The molecule has 1 N–H and O–H groups in total. The monoisotopic (exact) mass is 361 g/mol. The highest BCUT2D eigenvalue weighted by atomic mass is 79.9. The van der Waals surface area contributed by atoms with Crippen molar-refractivity contribution in [3.63, 3.8) is 0 Å². The van der Waals surface area contributed by atoms with Gasteiger partial charge >= 0.3 is 0 Å². The van der Waals surface area contributed by atoms with Gasteiger partial charge in [0.25, 0.3) is 0 Å². The van der Waals surface area contributed by atoms with Crippen LogP contribution in [0.5, 0.6) is 0 Å². The lowest BCUT2D eigenvalue weighted by atomic mass is 10.1. The molecule has 94 valence electrons. The van der Waals surface area contributed by atoms with Gasteiger partial charge in [-0.05, 0) is 70.4 Å². The third-order valence-electron chi connectivity index (χ3n) is 3.10. The maximum Gasteiger partial charge on any atom is 0.0684 e. The Kier molecular flexibility index (Phi) is 4.97. The van der Waals surface area contributed by atoms with E-state index in [9.17, 15) is 0 Å². The van der Waals surface area contributed by atoms with Crippen molar-refractivity contribution in [1.29, 1.82) is 0 Å². The van der Waals surface area contributed by atoms with E-state index in [1.807, 2.05) is 12.3 Å². The highest BCUT2D eigenvalue weighted by Crippen LogP contribution is 2.19. The summed E-state index contributed by atoms with van der Waals surface area (Å²) < 4.78 is 2.06. The van der Waals surface area contributed by atoms with Crippen LogP contribution in [-0.4, -0.2) is 36.6 Å². The topological polar surface area (TPSA) is 28.2 Å². The number of pyridine rings is 1. The van der Waals surface area contributed by atoms with Crippen LogP contribution in [0.15, 0.2) is 21.2 Å². The normalized spacial score (nSPS) is 21.0. The van der Waals surface area contributed by atoms with Gasteiger partial charge in [0, 0.05) is 28.2 Å². The average molecular weight is 363 g/mol. The van der Waals surface area contributed by atoms with Gasteiger partial charge in [-0.3, -0.25) is 4.98 Å². The van der Waals surface area contributed by atoms with Gasteiger partial charge in [0.1, 0.15) is 0 Å². The van der Waals surface area contributed by atoms with Crippen LogP contribution in [0.25, 0.3) is 0 Å². The molecule has 0 radical (unpaired) electrons. The summed E-state index contributed by atoms with van der Waals surface area (Å²) in [5.41, 5.74) is 1.07. The van der Waals surface area contributed by atoms with Crippen molar-refractivity contribution < 1.29 is 0 Å². The van der Waals surface area contributed by atoms with Crippen LogP contribution < -0.4 is 5.32 Å². The minimum atomic E-state index is 0.786. The number of hydrogen-bond donors (Lipinski definition) is 1. The average Bonchev–Trinajstić information content (AvgIpc) is 2.68. The summed E-state index contributed by atoms with van der Waals surface area (Å²) in [5, 5.41) is 3.49. The summed E-state index contributed by atoms with van der Waals surface area (Å²) in [6.45, 7) is 4.34. The van der Waals surface area contributed by atoms with Gasteiger partial charge in [-0.25, -0.2) is 0 Å². The van der Waals surface area contributed by atoms with E-state index < -0.39 is 0 Å². The van der Waals surface area contributed by atoms with Gasteiger partial charge < -0.3 is 10.2 Å². The molecular weight excluding hydrogens is 346 g/mol. The number of halogens is 2. The molecule has 0 amide bonds. The first-order valence-electron chi connectivity index (χ1n) is 5.84. The molecule has 0 aliphatic carbocycles. The molecule has 5 heteroatoms. The number of rotatable bonds is 4. The van der Waals surface area contributed by atoms with Crippen LogP contribution in [0.4, 0.5) is 0 Å². The van der Waals surface area contributed by atoms with E-state index in [4.69, 9.17) is 0 Å². The molecule has 1 aliphatic rings. The molecule has 0 saturated carbocycles. The molecule has 2 rings (SSSR count). The van der Waals surface area contributed by atoms with Crippen LogP contribution in [-0.2, 0) is 6.54 Å². The maximum atomic E-state index is 4.39. The predicted octanol–water partition coefficient (Wildman–Crippen LogP) is 2.65. The Hall–Kier alpha value is 0.0300. The van der Waals surface area contributed by atoms with Crippen molar-refractivity contribution >= 4 is 31.9 Å². The van der Waals surface area contributed by atoms with Crippen LogP contribution in [0, 0.1) is 5.92 Å².